The van der Waals surface area contributed by atoms with E-state index in [2.05, 4.69) is 5.32 Å². The predicted octanol–water partition coefficient (Wildman–Crippen LogP) is 0.247. The van der Waals surface area contributed by atoms with Crippen LogP contribution in [0.2, 0.25) is 0 Å². The van der Waals surface area contributed by atoms with Gasteiger partial charge in [-0.3, -0.25) is 4.79 Å². The van der Waals surface area contributed by atoms with E-state index in [1.54, 1.807) is 0 Å². The normalized spacial score (nSPS) is 41.5. The van der Waals surface area contributed by atoms with Crippen LogP contribution in [0.3, 0.4) is 0 Å². The molecule has 0 aromatic rings. The fraction of sp³-hybridized carbons (Fsp3) is 0.923. The van der Waals surface area contributed by atoms with Gasteiger partial charge in [0.05, 0.1) is 12.0 Å². The Balaban J connectivity index is 1.52. The van der Waals surface area contributed by atoms with Crippen molar-refractivity contribution in [3.8, 4) is 0 Å². The van der Waals surface area contributed by atoms with Crippen LogP contribution < -0.4 is 11.1 Å². The van der Waals surface area contributed by atoms with Gasteiger partial charge < -0.3 is 16.2 Å². The molecule has 96 valence electrons. The molecule has 0 spiro atoms. The average Bonchev–Trinajstić information content (AvgIpc) is 2.99. The quantitative estimate of drug-likeness (QED) is 0.657. The molecule has 4 N–H and O–H groups in total. The maximum absolute atomic E-state index is 12.1. The second-order valence-corrected chi connectivity index (χ2v) is 6.09. The van der Waals surface area contributed by atoms with E-state index in [1.807, 2.05) is 0 Å². The molecule has 3 aliphatic rings. The van der Waals surface area contributed by atoms with Crippen molar-refractivity contribution >= 4 is 5.91 Å². The summed E-state index contributed by atoms with van der Waals surface area (Å²) >= 11 is 0. The fourth-order valence-corrected chi connectivity index (χ4v) is 3.70. The average molecular weight is 238 g/mol. The number of nitrogens with one attached hydrogen (secondary N) is 1. The number of hydrogen-bond acceptors (Lipinski definition) is 3. The van der Waals surface area contributed by atoms with E-state index in [9.17, 15) is 9.90 Å². The molecule has 3 saturated carbocycles. The summed E-state index contributed by atoms with van der Waals surface area (Å²) in [7, 11) is 0. The molecule has 0 aromatic heterocycles. The number of amides is 1. The first-order valence-corrected chi connectivity index (χ1v) is 6.88. The van der Waals surface area contributed by atoms with Gasteiger partial charge in [-0.2, -0.15) is 0 Å². The zero-order chi connectivity index (χ0) is 12.0. The van der Waals surface area contributed by atoms with E-state index < -0.39 is 0 Å². The molecule has 4 nitrogen and oxygen atoms in total. The number of carbonyl (C=O) groups is 1. The van der Waals surface area contributed by atoms with Gasteiger partial charge in [0.25, 0.3) is 0 Å². The van der Waals surface area contributed by atoms with Gasteiger partial charge in [0.15, 0.2) is 0 Å². The number of rotatable bonds is 4. The van der Waals surface area contributed by atoms with Crippen LogP contribution in [-0.4, -0.2) is 29.7 Å². The minimum absolute atomic E-state index is 0.000142. The highest BCUT2D eigenvalue weighted by molar-refractivity contribution is 5.80. The van der Waals surface area contributed by atoms with E-state index in [-0.39, 0.29) is 24.0 Å². The Hall–Kier alpha value is -0.610. The Kier molecular flexibility index (Phi) is 2.87. The van der Waals surface area contributed by atoms with Gasteiger partial charge in [-0.1, -0.05) is 0 Å². The first-order valence-electron chi connectivity index (χ1n) is 6.88. The molecule has 0 aromatic carbocycles. The molecule has 1 amide bonds. The van der Waals surface area contributed by atoms with E-state index >= 15 is 0 Å². The molecular formula is C13H22N2O2. The highest BCUT2D eigenvalue weighted by atomic mass is 16.3. The third kappa shape index (κ3) is 2.08. The lowest BCUT2D eigenvalue weighted by Crippen LogP contribution is -2.47. The van der Waals surface area contributed by atoms with Crippen LogP contribution in [0.1, 0.15) is 32.1 Å². The first kappa shape index (κ1) is 11.5. The molecule has 5 unspecified atom stereocenters. The van der Waals surface area contributed by atoms with Crippen LogP contribution in [0.25, 0.3) is 0 Å². The standard InChI is InChI=1S/C13H22N2O2/c14-12-9-4-3-8(5-9)11(12)13(17)15-6-10(16)7-1-2-7/h7-12,16H,1-6,14H2,(H,15,17). The Morgan fingerprint density at radius 2 is 2.00 bits per heavy atom. The highest BCUT2D eigenvalue weighted by Crippen LogP contribution is 2.47. The molecule has 0 saturated heterocycles. The summed E-state index contributed by atoms with van der Waals surface area (Å²) in [4.78, 5) is 12.1. The summed E-state index contributed by atoms with van der Waals surface area (Å²) < 4.78 is 0. The van der Waals surface area contributed by atoms with E-state index in [4.69, 9.17) is 5.73 Å². The van der Waals surface area contributed by atoms with Crippen molar-refractivity contribution in [2.24, 2.45) is 29.4 Å². The molecule has 17 heavy (non-hydrogen) atoms. The molecule has 0 aliphatic heterocycles. The van der Waals surface area contributed by atoms with Crippen molar-refractivity contribution in [2.75, 3.05) is 6.54 Å². The summed E-state index contributed by atoms with van der Waals surface area (Å²) in [6.07, 6.45) is 5.33. The molecule has 3 rings (SSSR count). The van der Waals surface area contributed by atoms with Crippen LogP contribution in [-0.2, 0) is 4.79 Å². The van der Waals surface area contributed by atoms with E-state index in [1.165, 1.54) is 6.42 Å². The second-order valence-electron chi connectivity index (χ2n) is 6.09. The largest absolute Gasteiger partial charge is 0.391 e. The third-order valence-corrected chi connectivity index (χ3v) is 4.93. The van der Waals surface area contributed by atoms with Crippen molar-refractivity contribution in [3.05, 3.63) is 0 Å². The monoisotopic (exact) mass is 238 g/mol. The lowest BCUT2D eigenvalue weighted by atomic mass is 9.84. The van der Waals surface area contributed by atoms with Crippen molar-refractivity contribution in [2.45, 2.75) is 44.2 Å². The van der Waals surface area contributed by atoms with Crippen molar-refractivity contribution in [3.63, 3.8) is 0 Å². The predicted molar refractivity (Wildman–Crippen MR) is 64.0 cm³/mol. The molecular weight excluding hydrogens is 216 g/mol. The third-order valence-electron chi connectivity index (χ3n) is 4.93. The number of aliphatic hydroxyl groups is 1. The minimum atomic E-state index is -0.353. The number of nitrogens with two attached hydrogens (primary N) is 1. The second kappa shape index (κ2) is 4.25. The zero-order valence-corrected chi connectivity index (χ0v) is 10.1. The molecule has 3 fully saturated rings. The van der Waals surface area contributed by atoms with Gasteiger partial charge >= 0.3 is 0 Å². The summed E-state index contributed by atoms with van der Waals surface area (Å²) in [5, 5.41) is 12.6. The topological polar surface area (TPSA) is 75.4 Å². The van der Waals surface area contributed by atoms with Crippen LogP contribution in [0.5, 0.6) is 0 Å². The van der Waals surface area contributed by atoms with Crippen molar-refractivity contribution < 1.29 is 9.90 Å². The van der Waals surface area contributed by atoms with Gasteiger partial charge in [-0.25, -0.2) is 0 Å². The summed E-state index contributed by atoms with van der Waals surface area (Å²) in [6, 6.07) is 0.0480. The highest BCUT2D eigenvalue weighted by Gasteiger charge is 2.49. The van der Waals surface area contributed by atoms with Crippen molar-refractivity contribution in [1.82, 2.24) is 5.32 Å². The minimum Gasteiger partial charge on any atom is -0.391 e. The van der Waals surface area contributed by atoms with E-state index in [0.717, 1.165) is 25.7 Å². The number of fused-ring (bicyclic) bond motifs is 2. The Morgan fingerprint density at radius 1 is 1.29 bits per heavy atom. The van der Waals surface area contributed by atoms with Gasteiger partial charge in [0.1, 0.15) is 0 Å². The van der Waals surface area contributed by atoms with Gasteiger partial charge in [-0.15, -0.1) is 0 Å². The Labute approximate surface area is 102 Å². The lowest BCUT2D eigenvalue weighted by molar-refractivity contribution is -0.127. The Morgan fingerprint density at radius 3 is 2.59 bits per heavy atom. The smallest absolute Gasteiger partial charge is 0.225 e. The number of hydrogen-bond donors (Lipinski definition) is 3. The summed E-state index contributed by atoms with van der Waals surface area (Å²) in [5.41, 5.74) is 6.12. The molecule has 0 radical (unpaired) electrons. The molecule has 3 aliphatic carbocycles. The fourth-order valence-electron chi connectivity index (χ4n) is 3.70. The Bertz CT molecular complexity index is 315. The van der Waals surface area contributed by atoms with Crippen LogP contribution >= 0.6 is 0 Å². The van der Waals surface area contributed by atoms with Crippen molar-refractivity contribution in [1.29, 1.82) is 0 Å². The zero-order valence-electron chi connectivity index (χ0n) is 10.1. The molecule has 0 heterocycles. The van der Waals surface area contributed by atoms with E-state index in [0.29, 0.717) is 24.3 Å². The molecule has 2 bridgehead atoms. The van der Waals surface area contributed by atoms with Gasteiger partial charge in [0, 0.05) is 12.6 Å². The molecule has 5 atom stereocenters. The maximum Gasteiger partial charge on any atom is 0.225 e. The first-order chi connectivity index (χ1) is 8.16. The number of aliphatic hydroxyl groups excluding tert-OH is 1. The van der Waals surface area contributed by atoms with Crippen LogP contribution in [0, 0.1) is 23.7 Å². The van der Waals surface area contributed by atoms with Crippen LogP contribution in [0.15, 0.2) is 0 Å². The number of carbonyl (C=O) groups excluding carboxylic acids is 1. The maximum atomic E-state index is 12.1. The lowest BCUT2D eigenvalue weighted by Gasteiger charge is -2.27. The summed E-state index contributed by atoms with van der Waals surface area (Å²) in [5.74, 6) is 1.55. The summed E-state index contributed by atoms with van der Waals surface area (Å²) in [6.45, 7) is 0.407. The van der Waals surface area contributed by atoms with Gasteiger partial charge in [-0.05, 0) is 49.9 Å². The van der Waals surface area contributed by atoms with Gasteiger partial charge in [0.2, 0.25) is 5.91 Å². The van der Waals surface area contributed by atoms with Crippen LogP contribution in [0.4, 0.5) is 0 Å². The SMILES string of the molecule is NC1C2CCC(C2)C1C(=O)NCC(O)C1CC1. The molecule has 4 heteroatoms.